The van der Waals surface area contributed by atoms with Gasteiger partial charge in [0.2, 0.25) is 5.88 Å². The fourth-order valence-corrected chi connectivity index (χ4v) is 5.46. The maximum atomic E-state index is 6.25. The molecule has 168 valence electrons. The highest BCUT2D eigenvalue weighted by Crippen LogP contribution is 2.40. The Hall–Kier alpha value is -3.40. The van der Waals surface area contributed by atoms with Crippen molar-refractivity contribution in [2.24, 2.45) is 9.98 Å². The van der Waals surface area contributed by atoms with Crippen molar-refractivity contribution in [3.63, 3.8) is 0 Å². The average molecular weight is 438 g/mol. The minimum atomic E-state index is 0.172. The highest BCUT2D eigenvalue weighted by molar-refractivity contribution is 6.05. The summed E-state index contributed by atoms with van der Waals surface area (Å²) < 4.78 is 6.25. The normalized spacial score (nSPS) is 21.9. The van der Waals surface area contributed by atoms with Gasteiger partial charge in [-0.05, 0) is 61.1 Å². The lowest BCUT2D eigenvalue weighted by atomic mass is 9.78. The monoisotopic (exact) mass is 437 g/mol. The number of aryl methyl sites for hydroxylation is 1. The van der Waals surface area contributed by atoms with Gasteiger partial charge in [0.15, 0.2) is 0 Å². The summed E-state index contributed by atoms with van der Waals surface area (Å²) in [4.78, 5) is 12.0. The van der Waals surface area contributed by atoms with Gasteiger partial charge in [-0.2, -0.15) is 0 Å². The summed E-state index contributed by atoms with van der Waals surface area (Å²) in [6.45, 7) is 12.5. The van der Waals surface area contributed by atoms with Crippen LogP contribution in [0, 0.1) is 0 Å². The fraction of sp³-hybridized carbons (Fsp3) is 0.310. The highest BCUT2D eigenvalue weighted by atomic mass is 16.4. The predicted octanol–water partition coefficient (Wildman–Crippen LogP) is 6.78. The summed E-state index contributed by atoms with van der Waals surface area (Å²) in [5.74, 6) is 1.17. The van der Waals surface area contributed by atoms with Gasteiger partial charge >= 0.3 is 0 Å². The van der Waals surface area contributed by atoms with Crippen LogP contribution in [0.25, 0.3) is 17.0 Å². The largest absolute Gasteiger partial charge is 0.440 e. The Morgan fingerprint density at radius 1 is 1.09 bits per heavy atom. The molecule has 0 saturated heterocycles. The minimum Gasteiger partial charge on any atom is -0.440 e. The topological polar surface area (TPSA) is 41.1 Å². The summed E-state index contributed by atoms with van der Waals surface area (Å²) in [5, 5.41) is 1.07. The number of hydrogen-bond acceptors (Lipinski definition) is 4. The van der Waals surface area contributed by atoms with Crippen LogP contribution in [0.2, 0.25) is 0 Å². The Bertz CT molecular complexity index is 1340. The van der Waals surface area contributed by atoms with Crippen LogP contribution in [0.1, 0.15) is 60.4 Å². The van der Waals surface area contributed by atoms with E-state index >= 15 is 0 Å². The van der Waals surface area contributed by atoms with E-state index in [0.717, 1.165) is 58.8 Å². The number of benzene rings is 2. The second kappa shape index (κ2) is 8.18. The van der Waals surface area contributed by atoms with Crippen LogP contribution in [-0.4, -0.2) is 31.6 Å². The van der Waals surface area contributed by atoms with Crippen molar-refractivity contribution in [2.75, 3.05) is 19.0 Å². The zero-order valence-electron chi connectivity index (χ0n) is 20.0. The Morgan fingerprint density at radius 2 is 1.88 bits per heavy atom. The molecule has 33 heavy (non-hydrogen) atoms. The second-order valence-corrected chi connectivity index (χ2v) is 9.41. The zero-order valence-corrected chi connectivity index (χ0v) is 20.0. The van der Waals surface area contributed by atoms with E-state index in [1.807, 2.05) is 25.1 Å². The maximum absolute atomic E-state index is 6.25. The molecular weight excluding hydrogens is 406 g/mol. The van der Waals surface area contributed by atoms with Crippen LogP contribution in [0.5, 0.6) is 0 Å². The van der Waals surface area contributed by atoms with Crippen molar-refractivity contribution in [3.8, 4) is 0 Å². The number of furan rings is 1. The van der Waals surface area contributed by atoms with Crippen LogP contribution < -0.4 is 4.90 Å². The molecule has 0 N–H and O–H groups in total. The van der Waals surface area contributed by atoms with Gasteiger partial charge in [0, 0.05) is 54.5 Å². The molecule has 0 saturated carbocycles. The molecule has 4 nitrogen and oxygen atoms in total. The third-order valence-electron chi connectivity index (χ3n) is 7.00. The summed E-state index contributed by atoms with van der Waals surface area (Å²) in [5.41, 5.74) is 10.0. The van der Waals surface area contributed by atoms with Crippen LogP contribution in [-0.2, 0) is 6.42 Å². The molecule has 3 heterocycles. The number of aliphatic imine (C=N–C) groups is 2. The first kappa shape index (κ1) is 21.4. The van der Waals surface area contributed by atoms with E-state index in [1.165, 1.54) is 22.3 Å². The molecule has 0 amide bonds. The summed E-state index contributed by atoms with van der Waals surface area (Å²) in [6.07, 6.45) is 4.62. The standard InChI is InChI=1S/C29H31N3O/c1-7-21-26-16-25-19(4)30-17(2)14-27-24(23-11-9-8-10-22(23)18(3)31-27)13-12-20(25)15-28(26)33-29(21)32(5)6/h7-11,15-16,24,27H,1-2,12-14H2,3-6H3/b30-19-. The number of fused-ring (bicyclic) bond motifs is 5. The van der Waals surface area contributed by atoms with Gasteiger partial charge < -0.3 is 9.32 Å². The van der Waals surface area contributed by atoms with E-state index in [1.54, 1.807) is 0 Å². The maximum Gasteiger partial charge on any atom is 0.203 e. The predicted molar refractivity (Wildman–Crippen MR) is 140 cm³/mol. The van der Waals surface area contributed by atoms with Crippen LogP contribution in [0.3, 0.4) is 0 Å². The van der Waals surface area contributed by atoms with E-state index in [0.29, 0.717) is 5.92 Å². The number of hydrogen-bond donors (Lipinski definition) is 0. The van der Waals surface area contributed by atoms with Crippen molar-refractivity contribution in [1.82, 2.24) is 0 Å². The molecular formula is C29H31N3O. The van der Waals surface area contributed by atoms with Gasteiger partial charge in [-0.3, -0.25) is 9.98 Å². The van der Waals surface area contributed by atoms with Gasteiger partial charge in [-0.25, -0.2) is 0 Å². The lowest BCUT2D eigenvalue weighted by Crippen LogP contribution is -2.27. The Kier molecular flexibility index (Phi) is 5.32. The summed E-state index contributed by atoms with van der Waals surface area (Å²) >= 11 is 0. The molecule has 0 aliphatic carbocycles. The van der Waals surface area contributed by atoms with Crippen molar-refractivity contribution >= 4 is 34.4 Å². The first-order valence-corrected chi connectivity index (χ1v) is 11.6. The summed E-state index contributed by atoms with van der Waals surface area (Å²) in [7, 11) is 3.99. The van der Waals surface area contributed by atoms with E-state index in [4.69, 9.17) is 14.4 Å². The van der Waals surface area contributed by atoms with Gasteiger partial charge in [-0.1, -0.05) is 43.5 Å². The van der Waals surface area contributed by atoms with Crippen LogP contribution >= 0.6 is 0 Å². The molecule has 0 fully saturated rings. The smallest absolute Gasteiger partial charge is 0.203 e. The molecule has 2 atom stereocenters. The second-order valence-electron chi connectivity index (χ2n) is 9.41. The Morgan fingerprint density at radius 3 is 2.64 bits per heavy atom. The van der Waals surface area contributed by atoms with Gasteiger partial charge in [0.05, 0.1) is 6.04 Å². The van der Waals surface area contributed by atoms with Gasteiger partial charge in [-0.15, -0.1) is 0 Å². The fourth-order valence-electron chi connectivity index (χ4n) is 5.46. The first-order valence-electron chi connectivity index (χ1n) is 11.6. The van der Waals surface area contributed by atoms with Crippen LogP contribution in [0.15, 0.2) is 69.7 Å². The molecule has 0 bridgehead atoms. The van der Waals surface area contributed by atoms with Crippen molar-refractivity contribution in [3.05, 3.63) is 83.1 Å². The lowest BCUT2D eigenvalue weighted by molar-refractivity contribution is 0.489. The quantitative estimate of drug-likeness (QED) is 0.444. The number of rotatable bonds is 2. The lowest BCUT2D eigenvalue weighted by Gasteiger charge is -2.32. The van der Waals surface area contributed by atoms with E-state index in [2.05, 4.69) is 63.4 Å². The molecule has 3 aromatic rings. The van der Waals surface area contributed by atoms with Crippen LogP contribution in [0.4, 0.5) is 5.88 Å². The van der Waals surface area contributed by atoms with Crippen molar-refractivity contribution in [2.45, 2.75) is 45.1 Å². The molecule has 2 aromatic carbocycles. The average Bonchev–Trinajstić information content (AvgIpc) is 3.15. The minimum absolute atomic E-state index is 0.172. The van der Waals surface area contributed by atoms with Crippen molar-refractivity contribution < 1.29 is 4.42 Å². The van der Waals surface area contributed by atoms with Gasteiger partial charge in [0.1, 0.15) is 5.58 Å². The molecule has 0 radical (unpaired) electrons. The molecule has 1 aromatic heterocycles. The summed E-state index contributed by atoms with van der Waals surface area (Å²) in [6, 6.07) is 13.3. The number of nitrogens with zero attached hydrogens (tertiary/aromatic N) is 3. The molecule has 5 rings (SSSR count). The Labute approximate surface area is 196 Å². The number of anilines is 1. The van der Waals surface area contributed by atoms with E-state index in [-0.39, 0.29) is 6.04 Å². The first-order chi connectivity index (χ1) is 15.9. The molecule has 0 spiro atoms. The van der Waals surface area contributed by atoms with E-state index < -0.39 is 0 Å². The van der Waals surface area contributed by atoms with Crippen molar-refractivity contribution in [1.29, 1.82) is 0 Å². The molecule has 2 aliphatic rings. The van der Waals surface area contributed by atoms with E-state index in [9.17, 15) is 0 Å². The third kappa shape index (κ3) is 3.64. The third-order valence-corrected chi connectivity index (χ3v) is 7.00. The highest BCUT2D eigenvalue weighted by Gasteiger charge is 2.31. The molecule has 2 aliphatic heterocycles. The SMILES string of the molecule is C=Cc1c(N(C)C)oc2cc3c(cc12)/C(C)=N\C(=C)CC1N=C(C)c2ccccc2C1CC3. The van der Waals surface area contributed by atoms with Gasteiger partial charge in [0.25, 0.3) is 0 Å². The molecule has 2 unspecified atom stereocenters. The Balaban J connectivity index is 1.65. The molecule has 4 heteroatoms. The zero-order chi connectivity index (χ0) is 23.3.